The Morgan fingerprint density at radius 2 is 1.87 bits per heavy atom. The summed E-state index contributed by atoms with van der Waals surface area (Å²) < 4.78 is 17.1. The second-order valence-corrected chi connectivity index (χ2v) is 7.88. The number of amides is 1. The maximum Gasteiger partial charge on any atom is 0.296 e. The van der Waals surface area contributed by atoms with Crippen molar-refractivity contribution in [1.29, 1.82) is 0 Å². The van der Waals surface area contributed by atoms with Gasteiger partial charge in [-0.15, -0.1) is 0 Å². The Bertz CT molecular complexity index is 1360. The lowest BCUT2D eigenvalue weighted by Gasteiger charge is -2.22. The van der Waals surface area contributed by atoms with Gasteiger partial charge in [-0.05, 0) is 42.8 Å². The normalized spacial score (nSPS) is 15.6. The van der Waals surface area contributed by atoms with Crippen molar-refractivity contribution < 1.29 is 18.5 Å². The molecule has 2 aromatic carbocycles. The number of ether oxygens (including phenoxy) is 1. The van der Waals surface area contributed by atoms with Crippen LogP contribution >= 0.6 is 15.9 Å². The van der Waals surface area contributed by atoms with Crippen molar-refractivity contribution in [2.45, 2.75) is 13.0 Å². The summed E-state index contributed by atoms with van der Waals surface area (Å²) in [5.41, 5.74) is 1.09. The molecule has 30 heavy (non-hydrogen) atoms. The maximum absolute atomic E-state index is 13.5. The maximum atomic E-state index is 13.5. The number of aryl methyl sites for hydroxylation is 1. The second-order valence-electron chi connectivity index (χ2n) is 6.96. The highest BCUT2D eigenvalue weighted by atomic mass is 79.9. The minimum atomic E-state index is -0.706. The quantitative estimate of drug-likeness (QED) is 0.438. The van der Waals surface area contributed by atoms with E-state index in [0.717, 1.165) is 10.0 Å². The first-order valence-electron chi connectivity index (χ1n) is 9.15. The standard InChI is InChI=1S/C22H15BrN2O5/c1-11-9-17(24-30-11)25-19(12-3-6-14(28-2)7-4-12)18-20(26)15-10-13(23)5-8-16(15)29-21(18)22(25)27/h3-10,19H,1-2H3/t19-/m0/s1. The van der Waals surface area contributed by atoms with E-state index in [2.05, 4.69) is 21.1 Å². The van der Waals surface area contributed by atoms with Crippen LogP contribution in [0.5, 0.6) is 5.75 Å². The first kappa shape index (κ1) is 18.6. The summed E-state index contributed by atoms with van der Waals surface area (Å²) in [6, 6.07) is 13.3. The fourth-order valence-corrected chi connectivity index (χ4v) is 4.11. The molecular weight excluding hydrogens is 452 g/mol. The minimum absolute atomic E-state index is 0.0105. The third kappa shape index (κ3) is 2.75. The SMILES string of the molecule is COc1ccc([C@H]2c3c(oc4ccc(Br)cc4c3=O)C(=O)N2c2cc(C)on2)cc1. The number of rotatable bonds is 3. The van der Waals surface area contributed by atoms with Gasteiger partial charge in [-0.2, -0.15) is 0 Å². The zero-order valence-corrected chi connectivity index (χ0v) is 17.6. The van der Waals surface area contributed by atoms with E-state index in [1.54, 1.807) is 50.4 Å². The van der Waals surface area contributed by atoms with Crippen LogP contribution in [0.3, 0.4) is 0 Å². The van der Waals surface area contributed by atoms with Crippen LogP contribution in [0.1, 0.15) is 33.5 Å². The van der Waals surface area contributed by atoms with Gasteiger partial charge in [0.25, 0.3) is 5.91 Å². The molecule has 1 amide bonds. The molecule has 5 rings (SSSR count). The average molecular weight is 467 g/mol. The fraction of sp³-hybridized carbons (Fsp3) is 0.136. The van der Waals surface area contributed by atoms with Crippen LogP contribution in [-0.4, -0.2) is 18.2 Å². The largest absolute Gasteiger partial charge is 0.497 e. The van der Waals surface area contributed by atoms with Crippen molar-refractivity contribution >= 4 is 38.6 Å². The summed E-state index contributed by atoms with van der Waals surface area (Å²) in [7, 11) is 1.58. The Labute approximate surface area is 179 Å². The van der Waals surface area contributed by atoms with E-state index in [1.807, 2.05) is 12.1 Å². The van der Waals surface area contributed by atoms with Crippen LogP contribution in [0.4, 0.5) is 5.82 Å². The van der Waals surface area contributed by atoms with E-state index in [0.29, 0.717) is 28.3 Å². The molecule has 0 aliphatic carbocycles. The zero-order chi connectivity index (χ0) is 21.0. The zero-order valence-electron chi connectivity index (χ0n) is 16.0. The van der Waals surface area contributed by atoms with Gasteiger partial charge < -0.3 is 13.7 Å². The Morgan fingerprint density at radius 1 is 1.10 bits per heavy atom. The predicted octanol–water partition coefficient (Wildman–Crippen LogP) is 4.61. The van der Waals surface area contributed by atoms with Gasteiger partial charge in [-0.1, -0.05) is 33.2 Å². The number of fused-ring (bicyclic) bond motifs is 2. The van der Waals surface area contributed by atoms with Crippen molar-refractivity contribution in [3.8, 4) is 5.75 Å². The number of methoxy groups -OCH3 is 1. The number of benzene rings is 2. The Morgan fingerprint density at radius 3 is 2.53 bits per heavy atom. The molecule has 0 bridgehead atoms. The lowest BCUT2D eigenvalue weighted by Crippen LogP contribution is -2.29. The lowest BCUT2D eigenvalue weighted by molar-refractivity contribution is 0.0969. The van der Waals surface area contributed by atoms with E-state index in [-0.39, 0.29) is 16.8 Å². The fourth-order valence-electron chi connectivity index (χ4n) is 3.75. The highest BCUT2D eigenvalue weighted by molar-refractivity contribution is 9.10. The number of hydrogen-bond acceptors (Lipinski definition) is 6. The molecule has 0 N–H and O–H groups in total. The van der Waals surface area contributed by atoms with E-state index < -0.39 is 11.9 Å². The van der Waals surface area contributed by atoms with Gasteiger partial charge >= 0.3 is 0 Å². The molecular formula is C22H15BrN2O5. The van der Waals surface area contributed by atoms with Crippen molar-refractivity contribution in [2.75, 3.05) is 12.0 Å². The van der Waals surface area contributed by atoms with Crippen LogP contribution < -0.4 is 15.1 Å². The van der Waals surface area contributed by atoms with Crippen LogP contribution in [0.2, 0.25) is 0 Å². The van der Waals surface area contributed by atoms with Crippen LogP contribution in [-0.2, 0) is 0 Å². The van der Waals surface area contributed by atoms with Crippen LogP contribution in [0, 0.1) is 6.92 Å². The first-order valence-corrected chi connectivity index (χ1v) is 9.94. The molecule has 3 heterocycles. The summed E-state index contributed by atoms with van der Waals surface area (Å²) in [4.78, 5) is 28.3. The number of hydrogen-bond donors (Lipinski definition) is 0. The molecule has 8 heteroatoms. The van der Waals surface area contributed by atoms with Crippen molar-refractivity contribution in [3.63, 3.8) is 0 Å². The molecule has 0 unspecified atom stereocenters. The number of carbonyl (C=O) groups is 1. The topological polar surface area (TPSA) is 85.8 Å². The summed E-state index contributed by atoms with van der Waals surface area (Å²) in [5.74, 6) is 1.10. The Kier molecular flexibility index (Phi) is 4.25. The van der Waals surface area contributed by atoms with Gasteiger partial charge in [0, 0.05) is 10.5 Å². The molecule has 0 radical (unpaired) electrons. The number of aromatic nitrogens is 1. The van der Waals surface area contributed by atoms with E-state index in [9.17, 15) is 9.59 Å². The second kappa shape index (κ2) is 6.84. The van der Waals surface area contributed by atoms with Gasteiger partial charge in [-0.25, -0.2) is 0 Å². The number of nitrogens with zero attached hydrogens (tertiary/aromatic N) is 2. The summed E-state index contributed by atoms with van der Waals surface area (Å²) in [5, 5.41) is 4.40. The van der Waals surface area contributed by atoms with Gasteiger partial charge in [0.05, 0.1) is 24.1 Å². The molecule has 0 spiro atoms. The Hall–Kier alpha value is -3.39. The molecule has 0 fully saturated rings. The van der Waals surface area contributed by atoms with Crippen LogP contribution in [0.15, 0.2) is 66.7 Å². The van der Waals surface area contributed by atoms with E-state index in [4.69, 9.17) is 13.7 Å². The van der Waals surface area contributed by atoms with Crippen LogP contribution in [0.25, 0.3) is 11.0 Å². The summed E-state index contributed by atoms with van der Waals surface area (Å²) in [6.45, 7) is 1.74. The molecule has 7 nitrogen and oxygen atoms in total. The molecule has 0 saturated heterocycles. The van der Waals surface area contributed by atoms with Crippen molar-refractivity contribution in [1.82, 2.24) is 5.16 Å². The predicted molar refractivity (Wildman–Crippen MR) is 113 cm³/mol. The summed E-state index contributed by atoms with van der Waals surface area (Å²) >= 11 is 3.39. The van der Waals surface area contributed by atoms with E-state index >= 15 is 0 Å². The number of carbonyl (C=O) groups excluding carboxylic acids is 1. The van der Waals surface area contributed by atoms with Crippen molar-refractivity contribution in [2.24, 2.45) is 0 Å². The van der Waals surface area contributed by atoms with Gasteiger partial charge in [0.1, 0.15) is 17.1 Å². The number of anilines is 1. The lowest BCUT2D eigenvalue weighted by atomic mass is 9.98. The van der Waals surface area contributed by atoms with Gasteiger partial charge in [0.2, 0.25) is 5.76 Å². The van der Waals surface area contributed by atoms with Gasteiger partial charge in [-0.3, -0.25) is 14.5 Å². The molecule has 2 aromatic heterocycles. The molecule has 150 valence electrons. The third-order valence-corrected chi connectivity index (χ3v) is 5.62. The highest BCUT2D eigenvalue weighted by Crippen LogP contribution is 2.41. The third-order valence-electron chi connectivity index (χ3n) is 5.13. The monoisotopic (exact) mass is 466 g/mol. The Balaban J connectivity index is 1.80. The molecule has 1 atom stereocenters. The molecule has 1 aliphatic rings. The summed E-state index contributed by atoms with van der Waals surface area (Å²) in [6.07, 6.45) is 0. The smallest absolute Gasteiger partial charge is 0.296 e. The number of halogens is 1. The molecule has 1 aliphatic heterocycles. The van der Waals surface area contributed by atoms with E-state index in [1.165, 1.54) is 4.90 Å². The highest BCUT2D eigenvalue weighted by Gasteiger charge is 2.44. The molecule has 0 saturated carbocycles. The van der Waals surface area contributed by atoms with Gasteiger partial charge in [0.15, 0.2) is 11.2 Å². The minimum Gasteiger partial charge on any atom is -0.497 e. The first-order chi connectivity index (χ1) is 14.5. The average Bonchev–Trinajstić information content (AvgIpc) is 3.30. The van der Waals surface area contributed by atoms with Crippen molar-refractivity contribution in [3.05, 3.63) is 85.9 Å². The molecule has 4 aromatic rings.